The lowest BCUT2D eigenvalue weighted by Crippen LogP contribution is -2.54. The molecule has 1 fully saturated rings. The average Bonchev–Trinajstić information content (AvgIpc) is 2.99. The van der Waals surface area contributed by atoms with Gasteiger partial charge in [0.15, 0.2) is 11.5 Å². The average molecular weight is 627 g/mol. The van der Waals surface area contributed by atoms with Crippen molar-refractivity contribution in [3.05, 3.63) is 123 Å². The number of nitrogens with zero attached hydrogens (tertiary/aromatic N) is 1. The third-order valence-electron chi connectivity index (χ3n) is 6.53. The molecule has 1 heterocycles. The van der Waals surface area contributed by atoms with E-state index in [2.05, 4.69) is 21.2 Å². The first-order valence-corrected chi connectivity index (χ1v) is 13.8. The van der Waals surface area contributed by atoms with Gasteiger partial charge in [-0.15, -0.1) is 0 Å². The van der Waals surface area contributed by atoms with E-state index in [1.807, 2.05) is 55.5 Å². The van der Waals surface area contributed by atoms with Gasteiger partial charge in [-0.05, 0) is 78.2 Å². The van der Waals surface area contributed by atoms with E-state index in [4.69, 9.17) is 14.2 Å². The largest absolute Gasteiger partial charge is 0.493 e. The quantitative estimate of drug-likeness (QED) is 0.166. The van der Waals surface area contributed by atoms with E-state index in [1.54, 1.807) is 42.5 Å². The Morgan fingerprint density at radius 1 is 0.786 bits per heavy atom. The summed E-state index contributed by atoms with van der Waals surface area (Å²) in [5, 5.41) is 2.25. The maximum atomic E-state index is 13.4. The molecule has 0 unspecified atom stereocenters. The van der Waals surface area contributed by atoms with Crippen LogP contribution in [0.3, 0.4) is 0 Å². The van der Waals surface area contributed by atoms with E-state index in [0.29, 0.717) is 41.7 Å². The van der Waals surface area contributed by atoms with Gasteiger partial charge in [0.25, 0.3) is 11.8 Å². The lowest BCUT2D eigenvalue weighted by molar-refractivity contribution is -0.122. The van der Waals surface area contributed by atoms with Crippen molar-refractivity contribution >= 4 is 45.5 Å². The fraction of sp³-hybridized carbons (Fsp3) is 0.121. The molecule has 4 aromatic carbocycles. The fourth-order valence-corrected chi connectivity index (χ4v) is 4.50. The van der Waals surface area contributed by atoms with Crippen molar-refractivity contribution in [3.63, 3.8) is 0 Å². The number of halogens is 1. The summed E-state index contributed by atoms with van der Waals surface area (Å²) in [6.07, 6.45) is 1.41. The molecule has 1 aliphatic heterocycles. The number of urea groups is 1. The number of imide groups is 2. The molecule has 4 aromatic rings. The van der Waals surface area contributed by atoms with Crippen LogP contribution in [0.5, 0.6) is 17.2 Å². The predicted octanol–water partition coefficient (Wildman–Crippen LogP) is 6.59. The summed E-state index contributed by atoms with van der Waals surface area (Å²) < 4.78 is 18.2. The molecule has 0 aromatic heterocycles. The smallest absolute Gasteiger partial charge is 0.335 e. The van der Waals surface area contributed by atoms with Gasteiger partial charge >= 0.3 is 6.03 Å². The summed E-state index contributed by atoms with van der Waals surface area (Å²) in [6.45, 7) is 2.73. The molecule has 1 N–H and O–H groups in total. The van der Waals surface area contributed by atoms with Crippen LogP contribution in [0.4, 0.5) is 10.5 Å². The Morgan fingerprint density at radius 3 is 2.10 bits per heavy atom. The van der Waals surface area contributed by atoms with Gasteiger partial charge in [0.1, 0.15) is 24.5 Å². The first-order chi connectivity index (χ1) is 20.3. The highest BCUT2D eigenvalue weighted by Gasteiger charge is 2.36. The second kappa shape index (κ2) is 12.7. The number of hydrogen-bond acceptors (Lipinski definition) is 6. The van der Waals surface area contributed by atoms with E-state index in [0.717, 1.165) is 26.1 Å². The predicted molar refractivity (Wildman–Crippen MR) is 162 cm³/mol. The van der Waals surface area contributed by atoms with Crippen molar-refractivity contribution in [1.82, 2.24) is 5.32 Å². The van der Waals surface area contributed by atoms with Crippen molar-refractivity contribution < 1.29 is 28.6 Å². The number of anilines is 1. The van der Waals surface area contributed by atoms with Gasteiger partial charge in [0.05, 0.1) is 12.8 Å². The zero-order valence-corrected chi connectivity index (χ0v) is 24.5. The van der Waals surface area contributed by atoms with Gasteiger partial charge in [0, 0.05) is 4.47 Å². The molecule has 8 nitrogen and oxygen atoms in total. The Kier molecular flexibility index (Phi) is 8.68. The summed E-state index contributed by atoms with van der Waals surface area (Å²) in [6, 6.07) is 26.5. The summed E-state index contributed by atoms with van der Waals surface area (Å²) in [5.74, 6) is -0.0196. The third-order valence-corrected chi connectivity index (χ3v) is 7.06. The fourth-order valence-electron chi connectivity index (χ4n) is 4.24. The number of hydrogen-bond donors (Lipinski definition) is 1. The monoisotopic (exact) mass is 626 g/mol. The summed E-state index contributed by atoms with van der Waals surface area (Å²) >= 11 is 3.41. The summed E-state index contributed by atoms with van der Waals surface area (Å²) in [4.78, 5) is 39.6. The SMILES string of the molecule is COc1cc(/C=C2\C(=O)NC(=O)N(c3ccc(OCc4ccc(C)cc4)cc3)C2=O)ccc1OCc1ccc(Br)cc1. The van der Waals surface area contributed by atoms with Crippen LogP contribution in [0, 0.1) is 6.92 Å². The van der Waals surface area contributed by atoms with Crippen molar-refractivity contribution in [2.24, 2.45) is 0 Å². The molecule has 0 radical (unpaired) electrons. The van der Waals surface area contributed by atoms with Crippen LogP contribution in [0.15, 0.2) is 101 Å². The molecule has 4 amide bonds. The molecular formula is C33H27BrN2O6. The first kappa shape index (κ1) is 28.6. The van der Waals surface area contributed by atoms with Gasteiger partial charge in [0.2, 0.25) is 0 Å². The molecule has 0 spiro atoms. The minimum Gasteiger partial charge on any atom is -0.493 e. The standard InChI is InChI=1S/C33H27BrN2O6/c1-21-3-5-22(6-4-21)19-41-27-14-12-26(13-15-27)36-32(38)28(31(37)35-33(36)39)17-24-9-16-29(30(18-24)40-2)42-20-23-7-10-25(34)11-8-23/h3-18H,19-20H2,1-2H3,(H,35,37,39)/b28-17+. The normalized spacial score (nSPS) is 14.1. The van der Waals surface area contributed by atoms with Crippen molar-refractivity contribution in [1.29, 1.82) is 0 Å². The second-order valence-corrected chi connectivity index (χ2v) is 10.5. The summed E-state index contributed by atoms with van der Waals surface area (Å²) in [5.41, 5.74) is 3.79. The number of carbonyl (C=O) groups is 3. The van der Waals surface area contributed by atoms with Crippen molar-refractivity contribution in [2.75, 3.05) is 12.0 Å². The zero-order valence-electron chi connectivity index (χ0n) is 22.9. The molecule has 0 aliphatic carbocycles. The highest BCUT2D eigenvalue weighted by Crippen LogP contribution is 2.31. The number of ether oxygens (including phenoxy) is 3. The molecule has 0 atom stereocenters. The first-order valence-electron chi connectivity index (χ1n) is 13.1. The van der Waals surface area contributed by atoms with Crippen LogP contribution < -0.4 is 24.4 Å². The molecule has 1 saturated heterocycles. The number of carbonyl (C=O) groups excluding carboxylic acids is 3. The molecule has 0 bridgehead atoms. The minimum atomic E-state index is -0.829. The van der Waals surface area contributed by atoms with Crippen LogP contribution >= 0.6 is 15.9 Å². The maximum absolute atomic E-state index is 13.4. The summed E-state index contributed by atoms with van der Waals surface area (Å²) in [7, 11) is 1.51. The molecule has 0 saturated carbocycles. The number of aryl methyl sites for hydroxylation is 1. The van der Waals surface area contributed by atoms with Crippen LogP contribution in [0.1, 0.15) is 22.3 Å². The Morgan fingerprint density at radius 2 is 1.43 bits per heavy atom. The molecule has 9 heteroatoms. The van der Waals surface area contributed by atoms with Gasteiger partial charge in [-0.25, -0.2) is 9.69 Å². The minimum absolute atomic E-state index is 0.195. The van der Waals surface area contributed by atoms with Crippen LogP contribution in [0.2, 0.25) is 0 Å². The van der Waals surface area contributed by atoms with Crippen LogP contribution in [-0.4, -0.2) is 25.0 Å². The van der Waals surface area contributed by atoms with Crippen molar-refractivity contribution in [3.8, 4) is 17.2 Å². The second-order valence-electron chi connectivity index (χ2n) is 9.55. The number of amides is 4. The molecule has 1 aliphatic rings. The van der Waals surface area contributed by atoms with E-state index < -0.39 is 17.8 Å². The Hall–Kier alpha value is -4.89. The molecule has 5 rings (SSSR count). The van der Waals surface area contributed by atoms with E-state index in [-0.39, 0.29) is 5.57 Å². The number of nitrogens with one attached hydrogen (secondary N) is 1. The van der Waals surface area contributed by atoms with Crippen molar-refractivity contribution in [2.45, 2.75) is 20.1 Å². The van der Waals surface area contributed by atoms with Gasteiger partial charge in [-0.3, -0.25) is 14.9 Å². The Labute approximate surface area is 251 Å². The zero-order chi connectivity index (χ0) is 29.6. The number of rotatable bonds is 9. The van der Waals surface area contributed by atoms with Crippen LogP contribution in [0.25, 0.3) is 6.08 Å². The number of barbiturate groups is 1. The Balaban J connectivity index is 1.30. The van der Waals surface area contributed by atoms with E-state index in [9.17, 15) is 14.4 Å². The molecule has 42 heavy (non-hydrogen) atoms. The van der Waals surface area contributed by atoms with E-state index >= 15 is 0 Å². The third kappa shape index (κ3) is 6.70. The number of benzene rings is 4. The van der Waals surface area contributed by atoms with E-state index in [1.165, 1.54) is 13.2 Å². The lowest BCUT2D eigenvalue weighted by atomic mass is 10.1. The van der Waals surface area contributed by atoms with Crippen LogP contribution in [-0.2, 0) is 22.8 Å². The highest BCUT2D eigenvalue weighted by molar-refractivity contribution is 9.10. The number of methoxy groups -OCH3 is 1. The maximum Gasteiger partial charge on any atom is 0.335 e. The lowest BCUT2D eigenvalue weighted by Gasteiger charge is -2.26. The Bertz CT molecular complexity index is 1650. The highest BCUT2D eigenvalue weighted by atomic mass is 79.9. The van der Waals surface area contributed by atoms with Gasteiger partial charge in [-0.1, -0.05) is 64.0 Å². The topological polar surface area (TPSA) is 94.2 Å². The molecule has 212 valence electrons. The van der Waals surface area contributed by atoms with Gasteiger partial charge < -0.3 is 14.2 Å². The molecular weight excluding hydrogens is 600 g/mol. The van der Waals surface area contributed by atoms with Gasteiger partial charge in [-0.2, -0.15) is 0 Å².